The van der Waals surface area contributed by atoms with Gasteiger partial charge >= 0.3 is 0 Å². The number of hydrogen-bond acceptors (Lipinski definition) is 2. The van der Waals surface area contributed by atoms with Crippen LogP contribution in [0.15, 0.2) is 24.3 Å². The summed E-state index contributed by atoms with van der Waals surface area (Å²) in [5.41, 5.74) is 7.82. The molecule has 0 spiro atoms. The Morgan fingerprint density at radius 3 is 2.33 bits per heavy atom. The van der Waals surface area contributed by atoms with Crippen molar-refractivity contribution in [1.82, 2.24) is 0 Å². The van der Waals surface area contributed by atoms with E-state index in [0.717, 1.165) is 31.4 Å². The minimum atomic E-state index is -0.0321. The maximum Gasteiger partial charge on any atom is 0.227 e. The molecule has 0 aliphatic carbocycles. The van der Waals surface area contributed by atoms with Crippen LogP contribution in [0.4, 0.5) is 5.69 Å². The van der Waals surface area contributed by atoms with Crippen molar-refractivity contribution in [2.24, 2.45) is 11.7 Å². The fraction of sp³-hybridized carbons (Fsp3) is 0.611. The summed E-state index contributed by atoms with van der Waals surface area (Å²) in [5.74, 6) is 0.252. The second-order valence-electron chi connectivity index (χ2n) is 6.40. The Bertz CT molecular complexity index is 437. The molecule has 3 heteroatoms. The molecule has 0 aliphatic heterocycles. The van der Waals surface area contributed by atoms with Crippen molar-refractivity contribution in [3.05, 3.63) is 29.8 Å². The molecule has 1 aromatic rings. The van der Waals surface area contributed by atoms with Crippen LogP contribution in [0.3, 0.4) is 0 Å². The summed E-state index contributed by atoms with van der Waals surface area (Å²) in [7, 11) is 0. The van der Waals surface area contributed by atoms with Crippen LogP contribution in [0.5, 0.6) is 0 Å². The lowest BCUT2D eigenvalue weighted by molar-refractivity contribution is -0.120. The SMILES string of the molecule is CCCCC(CC)C(=O)Nc1ccc(C(C)(C)CN)cc1. The van der Waals surface area contributed by atoms with Gasteiger partial charge in [-0.1, -0.05) is 52.7 Å². The number of carbonyl (C=O) groups is 1. The maximum absolute atomic E-state index is 12.3. The quantitative estimate of drug-likeness (QED) is 0.758. The van der Waals surface area contributed by atoms with Crippen LogP contribution in [0, 0.1) is 5.92 Å². The van der Waals surface area contributed by atoms with Crippen molar-refractivity contribution in [3.8, 4) is 0 Å². The largest absolute Gasteiger partial charge is 0.330 e. The number of rotatable bonds is 8. The summed E-state index contributed by atoms with van der Waals surface area (Å²) < 4.78 is 0. The predicted octanol–water partition coefficient (Wildman–Crippen LogP) is 4.08. The van der Waals surface area contributed by atoms with Crippen molar-refractivity contribution in [1.29, 1.82) is 0 Å². The van der Waals surface area contributed by atoms with Gasteiger partial charge in [0.05, 0.1) is 0 Å². The normalized spacial score (nSPS) is 13.0. The van der Waals surface area contributed by atoms with E-state index in [1.54, 1.807) is 0 Å². The van der Waals surface area contributed by atoms with Crippen LogP contribution in [0.1, 0.15) is 58.9 Å². The Hall–Kier alpha value is -1.35. The zero-order valence-electron chi connectivity index (χ0n) is 13.9. The van der Waals surface area contributed by atoms with E-state index < -0.39 is 0 Å². The van der Waals surface area contributed by atoms with Crippen molar-refractivity contribution in [2.45, 2.75) is 58.8 Å². The first kappa shape index (κ1) is 17.7. The molecule has 0 aliphatic rings. The zero-order valence-corrected chi connectivity index (χ0v) is 13.9. The second-order valence-corrected chi connectivity index (χ2v) is 6.40. The average molecular weight is 290 g/mol. The smallest absolute Gasteiger partial charge is 0.227 e. The molecule has 1 atom stereocenters. The van der Waals surface area contributed by atoms with Gasteiger partial charge < -0.3 is 11.1 Å². The van der Waals surface area contributed by atoms with E-state index in [1.807, 2.05) is 12.1 Å². The first-order valence-corrected chi connectivity index (χ1v) is 8.06. The summed E-state index contributed by atoms with van der Waals surface area (Å²) in [4.78, 5) is 12.3. The molecule has 0 bridgehead atoms. The fourth-order valence-electron chi connectivity index (χ4n) is 2.34. The third-order valence-corrected chi connectivity index (χ3v) is 4.21. The first-order valence-electron chi connectivity index (χ1n) is 8.06. The number of amides is 1. The molecule has 0 heterocycles. The highest BCUT2D eigenvalue weighted by Crippen LogP contribution is 2.24. The average Bonchev–Trinajstić information content (AvgIpc) is 2.48. The molecule has 0 saturated heterocycles. The van der Waals surface area contributed by atoms with E-state index in [1.165, 1.54) is 5.56 Å². The van der Waals surface area contributed by atoms with Crippen LogP contribution >= 0.6 is 0 Å². The summed E-state index contributed by atoms with van der Waals surface area (Å²) in [5, 5.41) is 3.03. The molecular weight excluding hydrogens is 260 g/mol. The number of anilines is 1. The van der Waals surface area contributed by atoms with Crippen LogP contribution in [0.25, 0.3) is 0 Å². The number of carbonyl (C=O) groups excluding carboxylic acids is 1. The van der Waals surface area contributed by atoms with Gasteiger partial charge in [-0.2, -0.15) is 0 Å². The van der Waals surface area contributed by atoms with E-state index in [0.29, 0.717) is 6.54 Å². The molecule has 1 rings (SSSR count). The molecule has 0 fully saturated rings. The van der Waals surface area contributed by atoms with E-state index in [-0.39, 0.29) is 17.2 Å². The summed E-state index contributed by atoms with van der Waals surface area (Å²) in [6, 6.07) is 8.04. The monoisotopic (exact) mass is 290 g/mol. The lowest BCUT2D eigenvalue weighted by Gasteiger charge is -2.23. The van der Waals surface area contributed by atoms with Gasteiger partial charge in [0.25, 0.3) is 0 Å². The standard InChI is InChI=1S/C18H30N2O/c1-5-7-8-14(6-2)17(21)20-16-11-9-15(10-12-16)18(3,4)13-19/h9-12,14H,5-8,13,19H2,1-4H3,(H,20,21). The van der Waals surface area contributed by atoms with Gasteiger partial charge in [-0.05, 0) is 30.5 Å². The molecule has 0 saturated carbocycles. The third kappa shape index (κ3) is 5.16. The van der Waals surface area contributed by atoms with Gasteiger partial charge in [0.1, 0.15) is 0 Å². The van der Waals surface area contributed by atoms with Gasteiger partial charge in [-0.3, -0.25) is 4.79 Å². The highest BCUT2D eigenvalue weighted by Gasteiger charge is 2.19. The predicted molar refractivity (Wildman–Crippen MR) is 90.5 cm³/mol. The molecule has 0 aromatic heterocycles. The van der Waals surface area contributed by atoms with Crippen molar-refractivity contribution < 1.29 is 4.79 Å². The topological polar surface area (TPSA) is 55.1 Å². The minimum Gasteiger partial charge on any atom is -0.330 e. The molecular formula is C18H30N2O. The molecule has 3 nitrogen and oxygen atoms in total. The molecule has 118 valence electrons. The van der Waals surface area contributed by atoms with Crippen molar-refractivity contribution in [2.75, 3.05) is 11.9 Å². The highest BCUT2D eigenvalue weighted by atomic mass is 16.1. The van der Waals surface area contributed by atoms with Gasteiger partial charge in [0.15, 0.2) is 0 Å². The fourth-order valence-corrected chi connectivity index (χ4v) is 2.34. The number of hydrogen-bond donors (Lipinski definition) is 2. The lowest BCUT2D eigenvalue weighted by atomic mass is 9.85. The Morgan fingerprint density at radius 2 is 1.86 bits per heavy atom. The van der Waals surface area contributed by atoms with Crippen LogP contribution in [-0.2, 0) is 10.2 Å². The summed E-state index contributed by atoms with van der Waals surface area (Å²) in [6.45, 7) is 9.08. The van der Waals surface area contributed by atoms with Gasteiger partial charge in [0.2, 0.25) is 5.91 Å². The van der Waals surface area contributed by atoms with Gasteiger partial charge in [-0.15, -0.1) is 0 Å². The molecule has 0 radical (unpaired) electrons. The maximum atomic E-state index is 12.3. The van der Waals surface area contributed by atoms with E-state index >= 15 is 0 Å². The number of nitrogens with one attached hydrogen (secondary N) is 1. The molecule has 1 unspecified atom stereocenters. The van der Waals surface area contributed by atoms with Crippen LogP contribution < -0.4 is 11.1 Å². The number of benzene rings is 1. The Kier molecular flexibility index (Phi) is 6.90. The Morgan fingerprint density at radius 1 is 1.24 bits per heavy atom. The van der Waals surface area contributed by atoms with Crippen molar-refractivity contribution >= 4 is 11.6 Å². The Balaban J connectivity index is 2.68. The first-order chi connectivity index (χ1) is 9.94. The van der Waals surface area contributed by atoms with Gasteiger partial charge in [0, 0.05) is 23.6 Å². The van der Waals surface area contributed by atoms with E-state index in [2.05, 4.69) is 45.1 Å². The third-order valence-electron chi connectivity index (χ3n) is 4.21. The summed E-state index contributed by atoms with van der Waals surface area (Å²) in [6.07, 6.45) is 4.10. The lowest BCUT2D eigenvalue weighted by Crippen LogP contribution is -2.28. The minimum absolute atomic E-state index is 0.0321. The van der Waals surface area contributed by atoms with Crippen LogP contribution in [-0.4, -0.2) is 12.5 Å². The van der Waals surface area contributed by atoms with Gasteiger partial charge in [-0.25, -0.2) is 0 Å². The molecule has 21 heavy (non-hydrogen) atoms. The highest BCUT2D eigenvalue weighted by molar-refractivity contribution is 5.92. The van der Waals surface area contributed by atoms with E-state index in [4.69, 9.17) is 5.73 Å². The number of unbranched alkanes of at least 4 members (excludes halogenated alkanes) is 1. The second kappa shape index (κ2) is 8.18. The molecule has 3 N–H and O–H groups in total. The zero-order chi connectivity index (χ0) is 15.9. The summed E-state index contributed by atoms with van der Waals surface area (Å²) >= 11 is 0. The van der Waals surface area contributed by atoms with E-state index in [9.17, 15) is 4.79 Å². The molecule has 1 amide bonds. The van der Waals surface area contributed by atoms with Crippen molar-refractivity contribution in [3.63, 3.8) is 0 Å². The number of nitrogens with two attached hydrogens (primary N) is 1. The Labute approximate surface area is 129 Å². The van der Waals surface area contributed by atoms with Crippen LogP contribution in [0.2, 0.25) is 0 Å². The molecule has 1 aromatic carbocycles.